The minimum atomic E-state index is 0.384. The molecule has 0 fully saturated rings. The maximum atomic E-state index is 6.08. The molecule has 0 saturated carbocycles. The molecule has 0 aliphatic heterocycles. The van der Waals surface area contributed by atoms with Gasteiger partial charge in [-0.05, 0) is 44.5 Å². The Morgan fingerprint density at radius 1 is 1.23 bits per heavy atom. The third kappa shape index (κ3) is 2.23. The molecule has 0 aromatic heterocycles. The highest BCUT2D eigenvalue weighted by atomic mass is 35.5. The molecule has 0 aliphatic rings. The van der Waals surface area contributed by atoms with E-state index in [9.17, 15) is 0 Å². The van der Waals surface area contributed by atoms with E-state index in [0.717, 1.165) is 16.1 Å². The average molecular weight is 198 g/mol. The Morgan fingerprint density at radius 2 is 1.69 bits per heavy atom. The lowest BCUT2D eigenvalue weighted by molar-refractivity contribution is 0.651. The van der Waals surface area contributed by atoms with Crippen molar-refractivity contribution in [3.63, 3.8) is 0 Å². The highest BCUT2D eigenvalue weighted by Crippen LogP contribution is 2.24. The second kappa shape index (κ2) is 4.12. The molecule has 1 atom stereocenters. The van der Waals surface area contributed by atoms with Gasteiger partial charge in [0.25, 0.3) is 0 Å². The van der Waals surface area contributed by atoms with Crippen LogP contribution in [0.25, 0.3) is 0 Å². The molecule has 1 nitrogen and oxygen atoms in total. The minimum Gasteiger partial charge on any atom is -0.313 e. The quantitative estimate of drug-likeness (QED) is 0.768. The number of aryl methyl sites for hydroxylation is 2. The summed E-state index contributed by atoms with van der Waals surface area (Å²) in [6.45, 7) is 6.23. The smallest absolute Gasteiger partial charge is 0.0464 e. The van der Waals surface area contributed by atoms with Gasteiger partial charge in [0.15, 0.2) is 0 Å². The zero-order chi connectivity index (χ0) is 10.0. The highest BCUT2D eigenvalue weighted by molar-refractivity contribution is 6.32. The molecule has 0 spiro atoms. The number of nitrogens with one attached hydrogen (secondary N) is 1. The first-order valence-electron chi connectivity index (χ1n) is 4.50. The first-order chi connectivity index (χ1) is 6.06. The van der Waals surface area contributed by atoms with Gasteiger partial charge in [-0.3, -0.25) is 0 Å². The summed E-state index contributed by atoms with van der Waals surface area (Å²) < 4.78 is 0. The first kappa shape index (κ1) is 10.6. The molecular formula is C11H16ClN. The summed E-state index contributed by atoms with van der Waals surface area (Å²) >= 11 is 6.08. The van der Waals surface area contributed by atoms with Crippen LogP contribution in [0.2, 0.25) is 5.02 Å². The SMILES string of the molecule is CN[C@@H](C)c1cc(C)c(Cl)c(C)c1. The standard InChI is InChI=1S/C11H16ClN/c1-7-5-10(9(3)13-4)6-8(2)11(7)12/h5-6,9,13H,1-4H3/t9-/m0/s1. The third-order valence-electron chi connectivity index (χ3n) is 2.39. The fraction of sp³-hybridized carbons (Fsp3) is 0.455. The van der Waals surface area contributed by atoms with E-state index < -0.39 is 0 Å². The second-order valence-electron chi connectivity index (χ2n) is 3.48. The Balaban J connectivity index is 3.13. The molecular weight excluding hydrogens is 182 g/mol. The second-order valence-corrected chi connectivity index (χ2v) is 3.86. The van der Waals surface area contributed by atoms with E-state index in [-0.39, 0.29) is 0 Å². The van der Waals surface area contributed by atoms with E-state index >= 15 is 0 Å². The van der Waals surface area contributed by atoms with Crippen LogP contribution in [-0.4, -0.2) is 7.05 Å². The van der Waals surface area contributed by atoms with Crippen molar-refractivity contribution < 1.29 is 0 Å². The molecule has 2 heteroatoms. The summed E-state index contributed by atoms with van der Waals surface area (Å²) in [4.78, 5) is 0. The van der Waals surface area contributed by atoms with Gasteiger partial charge in [0.2, 0.25) is 0 Å². The summed E-state index contributed by atoms with van der Waals surface area (Å²) in [5.74, 6) is 0. The molecule has 0 radical (unpaired) electrons. The fourth-order valence-electron chi connectivity index (χ4n) is 1.40. The Bertz CT molecular complexity index is 284. The van der Waals surface area contributed by atoms with Crippen molar-refractivity contribution in [1.82, 2.24) is 5.32 Å². The molecule has 0 amide bonds. The molecule has 72 valence electrons. The summed E-state index contributed by atoms with van der Waals surface area (Å²) in [6.07, 6.45) is 0. The largest absolute Gasteiger partial charge is 0.313 e. The molecule has 0 heterocycles. The molecule has 0 bridgehead atoms. The lowest BCUT2D eigenvalue weighted by Crippen LogP contribution is -2.12. The molecule has 1 rings (SSSR count). The van der Waals surface area contributed by atoms with Crippen LogP contribution in [0.5, 0.6) is 0 Å². The number of hydrogen-bond acceptors (Lipinski definition) is 1. The summed E-state index contributed by atoms with van der Waals surface area (Å²) in [6, 6.07) is 4.65. The van der Waals surface area contributed by atoms with Crippen molar-refractivity contribution >= 4 is 11.6 Å². The summed E-state index contributed by atoms with van der Waals surface area (Å²) in [5, 5.41) is 4.09. The molecule has 0 saturated heterocycles. The van der Waals surface area contributed by atoms with E-state index in [1.807, 2.05) is 20.9 Å². The third-order valence-corrected chi connectivity index (χ3v) is 2.99. The van der Waals surface area contributed by atoms with Gasteiger partial charge in [0, 0.05) is 11.1 Å². The normalized spacial score (nSPS) is 13.0. The number of benzene rings is 1. The average Bonchev–Trinajstić information content (AvgIpc) is 2.12. The molecule has 13 heavy (non-hydrogen) atoms. The van der Waals surface area contributed by atoms with Crippen LogP contribution in [0.1, 0.15) is 29.7 Å². The van der Waals surface area contributed by atoms with Crippen molar-refractivity contribution in [1.29, 1.82) is 0 Å². The maximum absolute atomic E-state index is 6.08. The molecule has 0 aliphatic carbocycles. The fourth-order valence-corrected chi connectivity index (χ4v) is 1.51. The monoisotopic (exact) mass is 197 g/mol. The molecule has 1 N–H and O–H groups in total. The topological polar surface area (TPSA) is 12.0 Å². The van der Waals surface area contributed by atoms with E-state index in [1.165, 1.54) is 5.56 Å². The van der Waals surface area contributed by atoms with E-state index in [0.29, 0.717) is 6.04 Å². The zero-order valence-electron chi connectivity index (χ0n) is 8.61. The van der Waals surface area contributed by atoms with Crippen LogP contribution < -0.4 is 5.32 Å². The predicted molar refractivity (Wildman–Crippen MR) is 58.4 cm³/mol. The van der Waals surface area contributed by atoms with Crippen LogP contribution in [0.3, 0.4) is 0 Å². The van der Waals surface area contributed by atoms with E-state index in [1.54, 1.807) is 0 Å². The van der Waals surface area contributed by atoms with Crippen LogP contribution in [-0.2, 0) is 0 Å². The van der Waals surface area contributed by atoms with Gasteiger partial charge in [-0.2, -0.15) is 0 Å². The number of halogens is 1. The summed E-state index contributed by atoms with van der Waals surface area (Å²) in [7, 11) is 1.96. The van der Waals surface area contributed by atoms with Gasteiger partial charge >= 0.3 is 0 Å². The highest BCUT2D eigenvalue weighted by Gasteiger charge is 2.06. The number of hydrogen-bond donors (Lipinski definition) is 1. The van der Waals surface area contributed by atoms with Gasteiger partial charge in [0.1, 0.15) is 0 Å². The van der Waals surface area contributed by atoms with Gasteiger partial charge in [0.05, 0.1) is 0 Å². The minimum absolute atomic E-state index is 0.384. The van der Waals surface area contributed by atoms with Crippen molar-refractivity contribution in [3.05, 3.63) is 33.8 Å². The zero-order valence-corrected chi connectivity index (χ0v) is 9.37. The Morgan fingerprint density at radius 3 is 2.08 bits per heavy atom. The molecule has 0 unspecified atom stereocenters. The summed E-state index contributed by atoms with van der Waals surface area (Å²) in [5.41, 5.74) is 3.60. The Kier molecular flexibility index (Phi) is 3.34. The van der Waals surface area contributed by atoms with Crippen molar-refractivity contribution in [2.45, 2.75) is 26.8 Å². The van der Waals surface area contributed by atoms with Crippen molar-refractivity contribution in [3.8, 4) is 0 Å². The van der Waals surface area contributed by atoms with Gasteiger partial charge < -0.3 is 5.32 Å². The first-order valence-corrected chi connectivity index (χ1v) is 4.88. The lowest BCUT2D eigenvalue weighted by Gasteiger charge is -2.13. The van der Waals surface area contributed by atoms with Gasteiger partial charge in [-0.1, -0.05) is 23.7 Å². The van der Waals surface area contributed by atoms with E-state index in [2.05, 4.69) is 24.4 Å². The Hall–Kier alpha value is -0.530. The Labute approximate surface area is 85.1 Å². The van der Waals surface area contributed by atoms with Gasteiger partial charge in [-0.25, -0.2) is 0 Å². The number of rotatable bonds is 2. The van der Waals surface area contributed by atoms with Crippen LogP contribution >= 0.6 is 11.6 Å². The predicted octanol–water partition coefficient (Wildman–Crippen LogP) is 3.24. The van der Waals surface area contributed by atoms with E-state index in [4.69, 9.17) is 11.6 Å². The maximum Gasteiger partial charge on any atom is 0.0464 e. The van der Waals surface area contributed by atoms with Crippen molar-refractivity contribution in [2.75, 3.05) is 7.05 Å². The van der Waals surface area contributed by atoms with Crippen LogP contribution in [0, 0.1) is 13.8 Å². The van der Waals surface area contributed by atoms with Crippen LogP contribution in [0.4, 0.5) is 0 Å². The van der Waals surface area contributed by atoms with Crippen LogP contribution in [0.15, 0.2) is 12.1 Å². The lowest BCUT2D eigenvalue weighted by atomic mass is 10.0. The molecule has 1 aromatic carbocycles. The van der Waals surface area contributed by atoms with Gasteiger partial charge in [-0.15, -0.1) is 0 Å². The van der Waals surface area contributed by atoms with Crippen molar-refractivity contribution in [2.24, 2.45) is 0 Å². The molecule has 1 aromatic rings.